The molecular formula is C42H78N2O2. The molecule has 268 valence electrons. The molecule has 1 unspecified atom stereocenters. The molecule has 46 heavy (non-hydrogen) atoms. The molecule has 1 saturated heterocycles. The summed E-state index contributed by atoms with van der Waals surface area (Å²) in [5.41, 5.74) is 0. The van der Waals surface area contributed by atoms with Crippen LogP contribution in [0.25, 0.3) is 0 Å². The van der Waals surface area contributed by atoms with Crippen LogP contribution in [0.4, 0.5) is 0 Å². The summed E-state index contributed by atoms with van der Waals surface area (Å²) in [7, 11) is 2.23. The van der Waals surface area contributed by atoms with Gasteiger partial charge in [0, 0.05) is 45.9 Å². The zero-order chi connectivity index (χ0) is 33.0. The van der Waals surface area contributed by atoms with Crippen molar-refractivity contribution in [2.75, 3.05) is 59.6 Å². The van der Waals surface area contributed by atoms with Gasteiger partial charge in [0.25, 0.3) is 0 Å². The van der Waals surface area contributed by atoms with E-state index in [1.165, 1.54) is 128 Å². The Bertz CT molecular complexity index is 723. The predicted molar refractivity (Wildman–Crippen MR) is 204 cm³/mol. The van der Waals surface area contributed by atoms with E-state index >= 15 is 0 Å². The van der Waals surface area contributed by atoms with Gasteiger partial charge in [-0.25, -0.2) is 0 Å². The Morgan fingerprint density at radius 2 is 0.935 bits per heavy atom. The molecule has 1 aliphatic heterocycles. The average molecular weight is 643 g/mol. The molecule has 0 radical (unpaired) electrons. The van der Waals surface area contributed by atoms with Gasteiger partial charge in [-0.1, -0.05) is 127 Å². The summed E-state index contributed by atoms with van der Waals surface area (Å²) in [5, 5.41) is 0. The second-order valence-corrected chi connectivity index (χ2v) is 13.6. The molecule has 0 aliphatic carbocycles. The SMILES string of the molecule is CCCCC/C=C\C/C=C\CCCCCCCOCC(CN1CCN(C)CC1)OCCCCCCC/C=C\C/C=C\CCCCC. The van der Waals surface area contributed by atoms with Crippen LogP contribution in [-0.4, -0.2) is 75.5 Å². The number of allylic oxidation sites excluding steroid dienone is 8. The Labute approximate surface area is 288 Å². The van der Waals surface area contributed by atoms with Crippen molar-refractivity contribution in [3.05, 3.63) is 48.6 Å². The highest BCUT2D eigenvalue weighted by molar-refractivity contribution is 4.93. The molecule has 1 fully saturated rings. The van der Waals surface area contributed by atoms with E-state index in [0.717, 1.165) is 65.4 Å². The van der Waals surface area contributed by atoms with Crippen LogP contribution in [0.1, 0.15) is 155 Å². The summed E-state index contributed by atoms with van der Waals surface area (Å²) in [5.74, 6) is 0. The first-order valence-corrected chi connectivity index (χ1v) is 20.0. The van der Waals surface area contributed by atoms with E-state index in [1.54, 1.807) is 0 Å². The van der Waals surface area contributed by atoms with Crippen molar-refractivity contribution >= 4 is 0 Å². The molecule has 0 saturated carbocycles. The van der Waals surface area contributed by atoms with Crippen LogP contribution < -0.4 is 0 Å². The van der Waals surface area contributed by atoms with Crippen LogP contribution in [-0.2, 0) is 9.47 Å². The number of nitrogens with zero attached hydrogens (tertiary/aromatic N) is 2. The van der Waals surface area contributed by atoms with E-state index in [-0.39, 0.29) is 6.10 Å². The number of hydrogen-bond acceptors (Lipinski definition) is 4. The molecule has 1 aliphatic rings. The quantitative estimate of drug-likeness (QED) is 0.0525. The third-order valence-corrected chi connectivity index (χ3v) is 9.05. The Morgan fingerprint density at radius 1 is 0.500 bits per heavy atom. The predicted octanol–water partition coefficient (Wildman–Crippen LogP) is 11.5. The van der Waals surface area contributed by atoms with E-state index in [0.29, 0.717) is 0 Å². The maximum atomic E-state index is 6.41. The van der Waals surface area contributed by atoms with Crippen LogP contribution in [0, 0.1) is 0 Å². The van der Waals surface area contributed by atoms with Crippen molar-refractivity contribution in [3.63, 3.8) is 0 Å². The van der Waals surface area contributed by atoms with Gasteiger partial charge in [-0.15, -0.1) is 0 Å². The van der Waals surface area contributed by atoms with E-state index in [4.69, 9.17) is 9.47 Å². The molecule has 0 aromatic rings. The van der Waals surface area contributed by atoms with Crippen molar-refractivity contribution < 1.29 is 9.47 Å². The minimum Gasteiger partial charge on any atom is -0.379 e. The highest BCUT2D eigenvalue weighted by Crippen LogP contribution is 2.11. The van der Waals surface area contributed by atoms with Gasteiger partial charge in [-0.2, -0.15) is 0 Å². The molecule has 0 aromatic carbocycles. The minimum absolute atomic E-state index is 0.201. The van der Waals surface area contributed by atoms with Crippen LogP contribution >= 0.6 is 0 Å². The molecule has 0 bridgehead atoms. The van der Waals surface area contributed by atoms with Crippen LogP contribution in [0.3, 0.4) is 0 Å². The van der Waals surface area contributed by atoms with Crippen molar-refractivity contribution in [3.8, 4) is 0 Å². The first kappa shape index (κ1) is 42.8. The summed E-state index contributed by atoms with van der Waals surface area (Å²) in [6.07, 6.45) is 46.9. The monoisotopic (exact) mass is 643 g/mol. The van der Waals surface area contributed by atoms with Gasteiger partial charge in [-0.3, -0.25) is 4.90 Å². The number of rotatable bonds is 33. The van der Waals surface area contributed by atoms with Crippen molar-refractivity contribution in [1.82, 2.24) is 9.80 Å². The fraction of sp³-hybridized carbons (Fsp3) is 0.810. The molecule has 4 nitrogen and oxygen atoms in total. The van der Waals surface area contributed by atoms with Gasteiger partial charge >= 0.3 is 0 Å². The van der Waals surface area contributed by atoms with E-state index in [2.05, 4.69) is 79.3 Å². The van der Waals surface area contributed by atoms with Crippen molar-refractivity contribution in [2.45, 2.75) is 161 Å². The highest BCUT2D eigenvalue weighted by Gasteiger charge is 2.19. The van der Waals surface area contributed by atoms with Gasteiger partial charge in [-0.05, 0) is 84.1 Å². The Kier molecular flexibility index (Phi) is 32.7. The first-order chi connectivity index (χ1) is 22.8. The van der Waals surface area contributed by atoms with Crippen molar-refractivity contribution in [2.24, 2.45) is 0 Å². The Morgan fingerprint density at radius 3 is 1.43 bits per heavy atom. The largest absolute Gasteiger partial charge is 0.379 e. The van der Waals surface area contributed by atoms with Gasteiger partial charge in [0.05, 0.1) is 12.7 Å². The van der Waals surface area contributed by atoms with Crippen LogP contribution in [0.5, 0.6) is 0 Å². The average Bonchev–Trinajstić information content (AvgIpc) is 3.06. The Balaban J connectivity index is 2.07. The normalized spacial score (nSPS) is 15.9. The second-order valence-electron chi connectivity index (χ2n) is 13.6. The van der Waals surface area contributed by atoms with Gasteiger partial charge in [0.1, 0.15) is 0 Å². The number of hydrogen-bond donors (Lipinski definition) is 0. The van der Waals surface area contributed by atoms with Crippen molar-refractivity contribution in [1.29, 1.82) is 0 Å². The molecule has 1 atom stereocenters. The fourth-order valence-corrected chi connectivity index (χ4v) is 5.87. The molecule has 0 aromatic heterocycles. The topological polar surface area (TPSA) is 24.9 Å². The summed E-state index contributed by atoms with van der Waals surface area (Å²) in [6.45, 7) is 12.6. The van der Waals surface area contributed by atoms with Crippen LogP contribution in [0.2, 0.25) is 0 Å². The number of piperazine rings is 1. The molecule has 4 heteroatoms. The third kappa shape index (κ3) is 30.2. The smallest absolute Gasteiger partial charge is 0.0934 e. The third-order valence-electron chi connectivity index (χ3n) is 9.05. The first-order valence-electron chi connectivity index (χ1n) is 20.0. The summed E-state index contributed by atoms with van der Waals surface area (Å²) >= 11 is 0. The van der Waals surface area contributed by atoms with Gasteiger partial charge in [0.15, 0.2) is 0 Å². The molecule has 1 rings (SSSR count). The highest BCUT2D eigenvalue weighted by atomic mass is 16.5. The zero-order valence-electron chi connectivity index (χ0n) is 31.1. The van der Waals surface area contributed by atoms with Gasteiger partial charge in [0.2, 0.25) is 0 Å². The lowest BCUT2D eigenvalue weighted by molar-refractivity contribution is -0.0388. The lowest BCUT2D eigenvalue weighted by Gasteiger charge is -2.34. The van der Waals surface area contributed by atoms with E-state index in [1.807, 2.05) is 0 Å². The lowest BCUT2D eigenvalue weighted by atomic mass is 10.1. The molecule has 0 N–H and O–H groups in total. The second kappa shape index (κ2) is 35.1. The molecule has 0 spiro atoms. The fourth-order valence-electron chi connectivity index (χ4n) is 5.87. The molecular weight excluding hydrogens is 564 g/mol. The molecule has 0 amide bonds. The number of ether oxygens (including phenoxy) is 2. The summed E-state index contributed by atoms with van der Waals surface area (Å²) in [6, 6.07) is 0. The standard InChI is InChI=1S/C42H78N2O2/c1-4-6-8-10-12-14-16-18-20-22-24-26-28-30-32-38-45-41-42(40-44-36-34-43(3)35-37-44)46-39-33-31-29-27-25-23-21-19-17-15-13-11-9-7-5-2/h12-15,18-21,42H,4-11,16-17,22-41H2,1-3H3/b14-12-,15-13-,20-18-,21-19-. The maximum Gasteiger partial charge on any atom is 0.0934 e. The van der Waals surface area contributed by atoms with E-state index < -0.39 is 0 Å². The zero-order valence-corrected chi connectivity index (χ0v) is 31.1. The van der Waals surface area contributed by atoms with Gasteiger partial charge < -0.3 is 14.4 Å². The Hall–Kier alpha value is -1.20. The summed E-state index contributed by atoms with van der Waals surface area (Å²) < 4.78 is 12.6. The number of unbranched alkanes of at least 4 members (excludes halogenated alkanes) is 16. The lowest BCUT2D eigenvalue weighted by Crippen LogP contribution is -2.48. The minimum atomic E-state index is 0.201. The summed E-state index contributed by atoms with van der Waals surface area (Å²) in [4.78, 5) is 5.00. The van der Waals surface area contributed by atoms with Crippen LogP contribution in [0.15, 0.2) is 48.6 Å². The maximum absolute atomic E-state index is 6.41. The number of likely N-dealkylation sites (N-methyl/N-ethyl adjacent to an activating group) is 1. The molecule has 1 heterocycles. The van der Waals surface area contributed by atoms with E-state index in [9.17, 15) is 0 Å².